The number of para-hydroxylation sites is 2. The van der Waals surface area contributed by atoms with Gasteiger partial charge in [-0.2, -0.15) is 0 Å². The first-order valence-corrected chi connectivity index (χ1v) is 6.63. The molecule has 2 aromatic carbocycles. The third kappa shape index (κ3) is 4.72. The number of nitrogens with two attached hydrogens (primary N) is 1. The highest BCUT2D eigenvalue weighted by atomic mass is 16.5. The van der Waals surface area contributed by atoms with Gasteiger partial charge in [-0.25, -0.2) is 0 Å². The number of carbonyl (C=O) groups is 1. The summed E-state index contributed by atoms with van der Waals surface area (Å²) in [7, 11) is 0. The molecule has 3 N–H and O–H groups in total. The number of hydrogen-bond donors (Lipinski definition) is 2. The lowest BCUT2D eigenvalue weighted by molar-refractivity contribution is -0.114. The van der Waals surface area contributed by atoms with Crippen LogP contribution in [0.25, 0.3) is 0 Å². The summed E-state index contributed by atoms with van der Waals surface area (Å²) in [5, 5.41) is 2.72. The third-order valence-electron chi connectivity index (χ3n) is 2.67. The van der Waals surface area contributed by atoms with Gasteiger partial charge in [0.25, 0.3) is 0 Å². The van der Waals surface area contributed by atoms with Gasteiger partial charge in [-0.3, -0.25) is 4.79 Å². The largest absolute Gasteiger partial charge is 0.490 e. The fourth-order valence-corrected chi connectivity index (χ4v) is 1.80. The lowest BCUT2D eigenvalue weighted by atomic mass is 10.3. The highest BCUT2D eigenvalue weighted by Gasteiger charge is 2.04. The number of rotatable bonds is 6. The average molecular weight is 286 g/mol. The molecule has 0 fully saturated rings. The maximum atomic E-state index is 11.1. The van der Waals surface area contributed by atoms with E-state index in [-0.39, 0.29) is 5.91 Å². The number of nitrogen functional groups attached to an aromatic ring is 1. The van der Waals surface area contributed by atoms with E-state index in [2.05, 4.69) is 5.32 Å². The molecule has 5 nitrogen and oxygen atoms in total. The van der Waals surface area contributed by atoms with Crippen molar-refractivity contribution in [1.29, 1.82) is 0 Å². The van der Waals surface area contributed by atoms with E-state index in [1.165, 1.54) is 6.92 Å². The van der Waals surface area contributed by atoms with Crippen molar-refractivity contribution in [3.8, 4) is 11.5 Å². The van der Waals surface area contributed by atoms with Crippen LogP contribution in [0.3, 0.4) is 0 Å². The van der Waals surface area contributed by atoms with E-state index in [1.54, 1.807) is 24.3 Å². The number of hydrogen-bond acceptors (Lipinski definition) is 4. The molecular formula is C16H18N2O3. The van der Waals surface area contributed by atoms with Crippen LogP contribution in [0.5, 0.6) is 11.5 Å². The van der Waals surface area contributed by atoms with Crippen LogP contribution in [0.1, 0.15) is 6.92 Å². The molecule has 0 saturated carbocycles. The Balaban J connectivity index is 1.85. The van der Waals surface area contributed by atoms with E-state index >= 15 is 0 Å². The van der Waals surface area contributed by atoms with Crippen molar-refractivity contribution in [2.24, 2.45) is 0 Å². The summed E-state index contributed by atoms with van der Waals surface area (Å²) in [6.45, 7) is 2.21. The Morgan fingerprint density at radius 3 is 2.62 bits per heavy atom. The standard InChI is InChI=1S/C16H18N2O3/c1-12(19)18-15-7-2-3-8-16(15)21-10-9-20-14-6-4-5-13(17)11-14/h2-8,11H,9-10,17H2,1H3,(H,18,19). The van der Waals surface area contributed by atoms with Crippen LogP contribution in [-0.2, 0) is 4.79 Å². The Morgan fingerprint density at radius 2 is 1.86 bits per heavy atom. The van der Waals surface area contributed by atoms with Crippen LogP contribution >= 0.6 is 0 Å². The SMILES string of the molecule is CC(=O)Nc1ccccc1OCCOc1cccc(N)c1. The Bertz CT molecular complexity index is 614. The lowest BCUT2D eigenvalue weighted by Gasteiger charge is -2.12. The summed E-state index contributed by atoms with van der Waals surface area (Å²) in [5.74, 6) is 1.18. The number of amides is 1. The van der Waals surface area contributed by atoms with Crippen LogP contribution in [0, 0.1) is 0 Å². The van der Waals surface area contributed by atoms with Crippen molar-refractivity contribution < 1.29 is 14.3 Å². The average Bonchev–Trinajstić information content (AvgIpc) is 2.45. The molecule has 0 heterocycles. The summed E-state index contributed by atoms with van der Waals surface area (Å²) in [5.41, 5.74) is 6.97. The molecule has 2 rings (SSSR count). The van der Waals surface area contributed by atoms with Crippen molar-refractivity contribution in [3.63, 3.8) is 0 Å². The Kier molecular flexibility index (Phi) is 5.04. The number of carbonyl (C=O) groups excluding carboxylic acids is 1. The van der Waals surface area contributed by atoms with Crippen molar-refractivity contribution in [2.45, 2.75) is 6.92 Å². The molecular weight excluding hydrogens is 268 g/mol. The third-order valence-corrected chi connectivity index (χ3v) is 2.67. The summed E-state index contributed by atoms with van der Waals surface area (Å²) < 4.78 is 11.2. The van der Waals surface area contributed by atoms with Crippen LogP contribution in [-0.4, -0.2) is 19.1 Å². The summed E-state index contributed by atoms with van der Waals surface area (Å²) in [6, 6.07) is 14.5. The van der Waals surface area contributed by atoms with Crippen molar-refractivity contribution in [1.82, 2.24) is 0 Å². The Labute approximate surface area is 123 Å². The van der Waals surface area contributed by atoms with Gasteiger partial charge in [-0.1, -0.05) is 18.2 Å². The van der Waals surface area contributed by atoms with E-state index < -0.39 is 0 Å². The maximum Gasteiger partial charge on any atom is 0.221 e. The smallest absolute Gasteiger partial charge is 0.221 e. The zero-order valence-electron chi connectivity index (χ0n) is 11.8. The Hall–Kier alpha value is -2.69. The monoisotopic (exact) mass is 286 g/mol. The van der Waals surface area contributed by atoms with Gasteiger partial charge in [-0.05, 0) is 24.3 Å². The molecule has 0 atom stereocenters. The minimum atomic E-state index is -0.137. The molecule has 0 bridgehead atoms. The van der Waals surface area contributed by atoms with Crippen LogP contribution in [0.2, 0.25) is 0 Å². The molecule has 0 unspecified atom stereocenters. The summed E-state index contributed by atoms with van der Waals surface area (Å²) in [4.78, 5) is 11.1. The molecule has 0 aliphatic heterocycles. The van der Waals surface area contributed by atoms with Gasteiger partial charge < -0.3 is 20.5 Å². The normalized spacial score (nSPS) is 9.95. The summed E-state index contributed by atoms with van der Waals surface area (Å²) in [6.07, 6.45) is 0. The van der Waals surface area contributed by atoms with E-state index in [9.17, 15) is 4.79 Å². The van der Waals surface area contributed by atoms with Gasteiger partial charge >= 0.3 is 0 Å². The quantitative estimate of drug-likeness (QED) is 0.632. The van der Waals surface area contributed by atoms with Gasteiger partial charge in [0.1, 0.15) is 24.7 Å². The molecule has 110 valence electrons. The first kappa shape index (κ1) is 14.7. The molecule has 1 amide bonds. The van der Waals surface area contributed by atoms with E-state index in [0.29, 0.717) is 36.1 Å². The first-order valence-electron chi connectivity index (χ1n) is 6.63. The minimum Gasteiger partial charge on any atom is -0.490 e. The van der Waals surface area contributed by atoms with Crippen molar-refractivity contribution in [3.05, 3.63) is 48.5 Å². The zero-order valence-corrected chi connectivity index (χ0v) is 11.8. The van der Waals surface area contributed by atoms with Crippen molar-refractivity contribution >= 4 is 17.3 Å². The Morgan fingerprint density at radius 1 is 1.10 bits per heavy atom. The van der Waals surface area contributed by atoms with Crippen LogP contribution in [0.4, 0.5) is 11.4 Å². The van der Waals surface area contributed by atoms with Crippen LogP contribution in [0.15, 0.2) is 48.5 Å². The fraction of sp³-hybridized carbons (Fsp3) is 0.188. The molecule has 2 aromatic rings. The molecule has 0 aliphatic carbocycles. The van der Waals surface area contributed by atoms with Gasteiger partial charge in [-0.15, -0.1) is 0 Å². The maximum absolute atomic E-state index is 11.1. The molecule has 0 saturated heterocycles. The lowest BCUT2D eigenvalue weighted by Crippen LogP contribution is -2.12. The minimum absolute atomic E-state index is 0.137. The highest BCUT2D eigenvalue weighted by Crippen LogP contribution is 2.23. The van der Waals surface area contributed by atoms with Gasteiger partial charge in [0, 0.05) is 18.7 Å². The second-order valence-corrected chi connectivity index (χ2v) is 4.45. The molecule has 5 heteroatoms. The topological polar surface area (TPSA) is 73.6 Å². The van der Waals surface area contributed by atoms with E-state index in [0.717, 1.165) is 0 Å². The van der Waals surface area contributed by atoms with Gasteiger partial charge in [0.05, 0.1) is 5.69 Å². The van der Waals surface area contributed by atoms with E-state index in [1.807, 2.05) is 24.3 Å². The summed E-state index contributed by atoms with van der Waals surface area (Å²) >= 11 is 0. The number of benzene rings is 2. The van der Waals surface area contributed by atoms with Gasteiger partial charge in [0.15, 0.2) is 0 Å². The predicted molar refractivity (Wildman–Crippen MR) is 82.6 cm³/mol. The molecule has 21 heavy (non-hydrogen) atoms. The van der Waals surface area contributed by atoms with Gasteiger partial charge in [0.2, 0.25) is 5.91 Å². The first-order chi connectivity index (χ1) is 10.1. The second-order valence-electron chi connectivity index (χ2n) is 4.45. The highest BCUT2D eigenvalue weighted by molar-refractivity contribution is 5.90. The van der Waals surface area contributed by atoms with Crippen LogP contribution < -0.4 is 20.5 Å². The zero-order chi connectivity index (χ0) is 15.1. The molecule has 0 aromatic heterocycles. The number of ether oxygens (including phenoxy) is 2. The fourth-order valence-electron chi connectivity index (χ4n) is 1.80. The number of anilines is 2. The van der Waals surface area contributed by atoms with Crippen molar-refractivity contribution in [2.75, 3.05) is 24.3 Å². The van der Waals surface area contributed by atoms with E-state index in [4.69, 9.17) is 15.2 Å². The molecule has 0 aliphatic rings. The molecule has 0 radical (unpaired) electrons. The molecule has 0 spiro atoms. The number of nitrogens with one attached hydrogen (secondary N) is 1. The second kappa shape index (κ2) is 7.19. The predicted octanol–water partition coefficient (Wildman–Crippen LogP) is 2.69.